The van der Waals surface area contributed by atoms with Crippen molar-refractivity contribution in [3.63, 3.8) is 0 Å². The van der Waals surface area contributed by atoms with Crippen LogP contribution in [-0.2, 0) is 9.53 Å². The highest BCUT2D eigenvalue weighted by Gasteiger charge is 2.52. The van der Waals surface area contributed by atoms with Gasteiger partial charge in [0.25, 0.3) is 5.91 Å². The van der Waals surface area contributed by atoms with E-state index in [1.54, 1.807) is 4.90 Å². The van der Waals surface area contributed by atoms with Gasteiger partial charge >= 0.3 is 0 Å². The lowest BCUT2D eigenvalue weighted by molar-refractivity contribution is -0.139. The molecule has 2 amide bonds. The first kappa shape index (κ1) is 18.3. The van der Waals surface area contributed by atoms with E-state index in [-0.39, 0.29) is 28.7 Å². The molecule has 7 heteroatoms. The van der Waals surface area contributed by atoms with Gasteiger partial charge in [-0.1, -0.05) is 0 Å². The molecule has 0 N–H and O–H groups in total. The smallest absolute Gasteiger partial charge is 0.254 e. The molecule has 3 fully saturated rings. The zero-order valence-electron chi connectivity index (χ0n) is 15.3. The summed E-state index contributed by atoms with van der Waals surface area (Å²) in [5.74, 6) is -2.50. The number of carbonyl (C=O) groups excluding carboxylic acids is 2. The van der Waals surface area contributed by atoms with Crippen molar-refractivity contribution in [2.45, 2.75) is 25.7 Å². The molecular weight excluding hydrogens is 354 g/mol. The minimum atomic E-state index is -1.04. The maximum atomic E-state index is 13.6. The van der Waals surface area contributed by atoms with Gasteiger partial charge in [0.05, 0.1) is 5.92 Å². The predicted octanol–water partition coefficient (Wildman–Crippen LogP) is 2.46. The van der Waals surface area contributed by atoms with Gasteiger partial charge in [0.2, 0.25) is 5.91 Å². The summed E-state index contributed by atoms with van der Waals surface area (Å²) in [6, 6.07) is 3.20. The van der Waals surface area contributed by atoms with E-state index < -0.39 is 11.6 Å². The van der Waals surface area contributed by atoms with Gasteiger partial charge in [-0.2, -0.15) is 0 Å². The SMILES string of the molecule is O=C(c1ccc(F)c(F)c1)N1C[C@@H](C(=O)N2CCCC2)C2(CCOCC2)C1. The molecule has 1 aromatic rings. The van der Waals surface area contributed by atoms with Gasteiger partial charge < -0.3 is 14.5 Å². The average Bonchev–Trinajstić information content (AvgIpc) is 3.32. The van der Waals surface area contributed by atoms with Crippen LogP contribution in [0.1, 0.15) is 36.0 Å². The molecule has 146 valence electrons. The van der Waals surface area contributed by atoms with Crippen LogP contribution >= 0.6 is 0 Å². The van der Waals surface area contributed by atoms with E-state index in [0.717, 1.165) is 50.9 Å². The number of carbonyl (C=O) groups is 2. The van der Waals surface area contributed by atoms with E-state index >= 15 is 0 Å². The van der Waals surface area contributed by atoms with Crippen molar-refractivity contribution in [2.24, 2.45) is 11.3 Å². The van der Waals surface area contributed by atoms with Crippen LogP contribution in [0.15, 0.2) is 18.2 Å². The van der Waals surface area contributed by atoms with Crippen molar-refractivity contribution in [1.82, 2.24) is 9.80 Å². The second kappa shape index (κ2) is 7.19. The highest BCUT2D eigenvalue weighted by Crippen LogP contribution is 2.45. The summed E-state index contributed by atoms with van der Waals surface area (Å²) >= 11 is 0. The number of amides is 2. The summed E-state index contributed by atoms with van der Waals surface area (Å²) < 4.78 is 32.3. The molecular formula is C20H24F2N2O3. The number of hydrogen-bond acceptors (Lipinski definition) is 3. The third-order valence-electron chi connectivity index (χ3n) is 6.31. The van der Waals surface area contributed by atoms with E-state index in [9.17, 15) is 18.4 Å². The monoisotopic (exact) mass is 378 g/mol. The first-order valence-electron chi connectivity index (χ1n) is 9.61. The van der Waals surface area contributed by atoms with Crippen molar-refractivity contribution in [3.05, 3.63) is 35.4 Å². The van der Waals surface area contributed by atoms with Crippen LogP contribution in [0.2, 0.25) is 0 Å². The molecule has 4 rings (SSSR count). The molecule has 1 aromatic carbocycles. The maximum absolute atomic E-state index is 13.6. The lowest BCUT2D eigenvalue weighted by Gasteiger charge is -2.38. The lowest BCUT2D eigenvalue weighted by Crippen LogP contribution is -2.45. The van der Waals surface area contributed by atoms with E-state index in [0.29, 0.717) is 26.3 Å². The summed E-state index contributed by atoms with van der Waals surface area (Å²) in [7, 11) is 0. The zero-order chi connectivity index (χ0) is 19.0. The first-order chi connectivity index (χ1) is 13.0. The molecule has 0 unspecified atom stereocenters. The Balaban J connectivity index is 1.58. The van der Waals surface area contributed by atoms with Gasteiger partial charge in [0, 0.05) is 50.4 Å². The lowest BCUT2D eigenvalue weighted by atomic mass is 9.71. The molecule has 27 heavy (non-hydrogen) atoms. The Hall–Kier alpha value is -2.02. The molecule has 0 bridgehead atoms. The molecule has 3 saturated heterocycles. The number of ether oxygens (including phenoxy) is 1. The fourth-order valence-corrected chi connectivity index (χ4v) is 4.72. The van der Waals surface area contributed by atoms with E-state index in [2.05, 4.69) is 0 Å². The van der Waals surface area contributed by atoms with Gasteiger partial charge in [-0.3, -0.25) is 9.59 Å². The van der Waals surface area contributed by atoms with Gasteiger partial charge in [-0.25, -0.2) is 8.78 Å². The highest BCUT2D eigenvalue weighted by atomic mass is 19.2. The molecule has 0 radical (unpaired) electrons. The van der Waals surface area contributed by atoms with Crippen molar-refractivity contribution in [2.75, 3.05) is 39.4 Å². The Morgan fingerprint density at radius 3 is 2.41 bits per heavy atom. The molecule has 5 nitrogen and oxygen atoms in total. The van der Waals surface area contributed by atoms with Crippen LogP contribution in [0.25, 0.3) is 0 Å². The topological polar surface area (TPSA) is 49.9 Å². The minimum Gasteiger partial charge on any atom is -0.381 e. The Morgan fingerprint density at radius 1 is 1.04 bits per heavy atom. The fourth-order valence-electron chi connectivity index (χ4n) is 4.72. The Morgan fingerprint density at radius 2 is 1.74 bits per heavy atom. The summed E-state index contributed by atoms with van der Waals surface area (Å²) in [6.07, 6.45) is 3.51. The molecule has 0 aliphatic carbocycles. The molecule has 1 spiro atoms. The largest absolute Gasteiger partial charge is 0.381 e. The summed E-state index contributed by atoms with van der Waals surface area (Å²) in [5.41, 5.74) is -0.169. The predicted molar refractivity (Wildman–Crippen MR) is 94.1 cm³/mol. The van der Waals surface area contributed by atoms with E-state index in [1.165, 1.54) is 6.07 Å². The second-order valence-electron chi connectivity index (χ2n) is 7.87. The fraction of sp³-hybridized carbons (Fsp3) is 0.600. The number of rotatable bonds is 2. The quantitative estimate of drug-likeness (QED) is 0.794. The van der Waals surface area contributed by atoms with Gasteiger partial charge in [0.1, 0.15) is 0 Å². The van der Waals surface area contributed by atoms with Crippen molar-refractivity contribution in [1.29, 1.82) is 0 Å². The second-order valence-corrected chi connectivity index (χ2v) is 7.87. The Kier molecular flexibility index (Phi) is 4.88. The average molecular weight is 378 g/mol. The highest BCUT2D eigenvalue weighted by molar-refractivity contribution is 5.95. The summed E-state index contributed by atoms with van der Waals surface area (Å²) in [5, 5.41) is 0. The van der Waals surface area contributed by atoms with E-state index in [4.69, 9.17) is 4.74 Å². The standard InChI is InChI=1S/C20H24F2N2O3/c21-16-4-3-14(11-17(16)22)18(25)24-12-15(19(26)23-7-1-2-8-23)20(13-24)5-9-27-10-6-20/h3-4,11,15H,1-2,5-10,12-13H2/t15-/m0/s1. The van der Waals surface area contributed by atoms with Crippen LogP contribution in [-0.4, -0.2) is 61.0 Å². The normalized spacial score (nSPS) is 24.6. The Bertz CT molecular complexity index is 743. The maximum Gasteiger partial charge on any atom is 0.254 e. The van der Waals surface area contributed by atoms with Crippen LogP contribution in [0.4, 0.5) is 8.78 Å². The van der Waals surface area contributed by atoms with Crippen molar-refractivity contribution in [3.8, 4) is 0 Å². The van der Waals surface area contributed by atoms with Gasteiger partial charge in [-0.05, 0) is 43.9 Å². The minimum absolute atomic E-state index is 0.116. The molecule has 0 aromatic heterocycles. The molecule has 1 atom stereocenters. The zero-order valence-corrected chi connectivity index (χ0v) is 15.3. The molecule has 3 aliphatic rings. The van der Waals surface area contributed by atoms with Crippen molar-refractivity contribution < 1.29 is 23.1 Å². The third-order valence-corrected chi connectivity index (χ3v) is 6.31. The number of halogens is 2. The summed E-state index contributed by atoms with van der Waals surface area (Å²) in [4.78, 5) is 29.6. The van der Waals surface area contributed by atoms with Crippen molar-refractivity contribution >= 4 is 11.8 Å². The van der Waals surface area contributed by atoms with Gasteiger partial charge in [-0.15, -0.1) is 0 Å². The number of hydrogen-bond donors (Lipinski definition) is 0. The first-order valence-corrected chi connectivity index (χ1v) is 9.61. The third kappa shape index (κ3) is 3.33. The van der Waals surface area contributed by atoms with Crippen LogP contribution in [0.3, 0.4) is 0 Å². The van der Waals surface area contributed by atoms with Crippen LogP contribution in [0.5, 0.6) is 0 Å². The molecule has 3 aliphatic heterocycles. The van der Waals surface area contributed by atoms with Gasteiger partial charge in [0.15, 0.2) is 11.6 Å². The molecule has 3 heterocycles. The Labute approximate surface area is 157 Å². The van der Waals surface area contributed by atoms with E-state index in [1.807, 2.05) is 4.90 Å². The summed E-state index contributed by atoms with van der Waals surface area (Å²) in [6.45, 7) is 3.50. The number of likely N-dealkylation sites (tertiary alicyclic amines) is 2. The van der Waals surface area contributed by atoms with Crippen LogP contribution in [0, 0.1) is 23.0 Å². The molecule has 0 saturated carbocycles. The van der Waals surface area contributed by atoms with Crippen LogP contribution < -0.4 is 0 Å². The number of nitrogens with zero attached hydrogens (tertiary/aromatic N) is 2. The number of benzene rings is 1.